The zero-order chi connectivity index (χ0) is 11.9. The van der Waals surface area contributed by atoms with Gasteiger partial charge in [-0.05, 0) is 46.3 Å². The lowest BCUT2D eigenvalue weighted by Gasteiger charge is -2.15. The normalized spacial score (nSPS) is 25.3. The van der Waals surface area contributed by atoms with Crippen molar-refractivity contribution in [3.05, 3.63) is 27.2 Å². The average Bonchev–Trinajstić information content (AvgIpc) is 2.93. The van der Waals surface area contributed by atoms with E-state index in [4.69, 9.17) is 27.9 Å². The van der Waals surface area contributed by atoms with E-state index in [2.05, 4.69) is 22.9 Å². The third-order valence-electron chi connectivity index (χ3n) is 3.09. The van der Waals surface area contributed by atoms with Crippen LogP contribution in [0.25, 0.3) is 0 Å². The van der Waals surface area contributed by atoms with Crippen LogP contribution < -0.4 is 4.74 Å². The third-order valence-corrected chi connectivity index (χ3v) is 4.45. The summed E-state index contributed by atoms with van der Waals surface area (Å²) in [7, 11) is 1.65. The third kappa shape index (κ3) is 2.34. The molecule has 0 spiro atoms. The van der Waals surface area contributed by atoms with Crippen LogP contribution in [0.15, 0.2) is 16.6 Å². The molecule has 0 N–H and O–H groups in total. The monoisotopic (exact) mass is 322 g/mol. The molecule has 0 aliphatic heterocycles. The van der Waals surface area contributed by atoms with E-state index in [0.717, 1.165) is 15.8 Å². The average molecular weight is 324 g/mol. The molecular formula is C12H13BrCl2O. The fraction of sp³-hybridized carbons (Fsp3) is 0.500. The molecule has 1 fully saturated rings. The fourth-order valence-electron chi connectivity index (χ4n) is 1.99. The minimum atomic E-state index is -0.0139. The zero-order valence-corrected chi connectivity index (χ0v) is 12.2. The Balaban J connectivity index is 2.38. The molecule has 1 saturated carbocycles. The van der Waals surface area contributed by atoms with Crippen molar-refractivity contribution in [3.8, 4) is 5.75 Å². The SMILES string of the molecule is COc1c(Br)cc(Cl)cc1C(Cl)C1CC1C. The standard InChI is InChI=1S/C12H13BrCl2O/c1-6-3-8(6)11(15)9-4-7(14)5-10(13)12(9)16-2/h4-6,8,11H,3H2,1-2H3. The van der Waals surface area contributed by atoms with Crippen molar-refractivity contribution in [1.29, 1.82) is 0 Å². The number of alkyl halides is 1. The Labute approximate surface area is 114 Å². The Bertz CT molecular complexity index is 408. The number of benzene rings is 1. The van der Waals surface area contributed by atoms with E-state index in [1.54, 1.807) is 7.11 Å². The highest BCUT2D eigenvalue weighted by Gasteiger charge is 2.40. The summed E-state index contributed by atoms with van der Waals surface area (Å²) in [5, 5.41) is 0.668. The second kappa shape index (κ2) is 4.75. The molecule has 0 radical (unpaired) electrons. The maximum absolute atomic E-state index is 6.47. The molecule has 88 valence electrons. The van der Waals surface area contributed by atoms with E-state index >= 15 is 0 Å². The van der Waals surface area contributed by atoms with E-state index in [0.29, 0.717) is 16.9 Å². The van der Waals surface area contributed by atoms with Gasteiger partial charge in [-0.25, -0.2) is 0 Å². The fourth-order valence-corrected chi connectivity index (χ4v) is 3.50. The summed E-state index contributed by atoms with van der Waals surface area (Å²) in [4.78, 5) is 0. The van der Waals surface area contributed by atoms with Gasteiger partial charge in [0.1, 0.15) is 5.75 Å². The van der Waals surface area contributed by atoms with E-state index < -0.39 is 0 Å². The molecular weight excluding hydrogens is 311 g/mol. The molecule has 3 unspecified atom stereocenters. The molecule has 1 aliphatic carbocycles. The Kier molecular flexibility index (Phi) is 3.72. The zero-order valence-electron chi connectivity index (χ0n) is 9.14. The number of hydrogen-bond donors (Lipinski definition) is 0. The van der Waals surface area contributed by atoms with Crippen LogP contribution in [0, 0.1) is 11.8 Å². The molecule has 0 saturated heterocycles. The minimum absolute atomic E-state index is 0.0139. The molecule has 0 aromatic heterocycles. The number of ether oxygens (including phenoxy) is 1. The summed E-state index contributed by atoms with van der Waals surface area (Å²) in [5.41, 5.74) is 0.984. The minimum Gasteiger partial charge on any atom is -0.495 e. The van der Waals surface area contributed by atoms with Crippen molar-refractivity contribution in [3.63, 3.8) is 0 Å². The molecule has 0 amide bonds. The number of hydrogen-bond acceptors (Lipinski definition) is 1. The first-order valence-corrected chi connectivity index (χ1v) is 6.82. The van der Waals surface area contributed by atoms with Crippen LogP contribution >= 0.6 is 39.1 Å². The lowest BCUT2D eigenvalue weighted by atomic mass is 10.1. The summed E-state index contributed by atoms with van der Waals surface area (Å²) in [6.07, 6.45) is 1.18. The lowest BCUT2D eigenvalue weighted by Crippen LogP contribution is -1.99. The first kappa shape index (κ1) is 12.5. The van der Waals surface area contributed by atoms with Crippen molar-refractivity contribution in [2.75, 3.05) is 7.11 Å². The number of halogens is 3. The molecule has 4 heteroatoms. The van der Waals surface area contributed by atoms with E-state index in [1.165, 1.54) is 6.42 Å². The number of rotatable bonds is 3. The first-order valence-electron chi connectivity index (χ1n) is 5.21. The predicted octanol–water partition coefficient (Wildman–Crippen LogP) is 5.05. The maximum atomic E-state index is 6.47. The van der Waals surface area contributed by atoms with Gasteiger partial charge >= 0.3 is 0 Å². The van der Waals surface area contributed by atoms with Gasteiger partial charge in [-0.1, -0.05) is 18.5 Å². The van der Waals surface area contributed by atoms with Gasteiger partial charge in [0.2, 0.25) is 0 Å². The largest absolute Gasteiger partial charge is 0.495 e. The van der Waals surface area contributed by atoms with Crippen LogP contribution in [0.5, 0.6) is 5.75 Å². The molecule has 2 rings (SSSR count). The van der Waals surface area contributed by atoms with Crippen LogP contribution in [-0.2, 0) is 0 Å². The lowest BCUT2D eigenvalue weighted by molar-refractivity contribution is 0.405. The van der Waals surface area contributed by atoms with Crippen LogP contribution in [-0.4, -0.2) is 7.11 Å². The van der Waals surface area contributed by atoms with Crippen molar-refractivity contribution >= 4 is 39.1 Å². The summed E-state index contributed by atoms with van der Waals surface area (Å²) in [5.74, 6) is 2.04. The highest BCUT2D eigenvalue weighted by atomic mass is 79.9. The summed E-state index contributed by atoms with van der Waals surface area (Å²) < 4.78 is 6.23. The first-order chi connectivity index (χ1) is 7.54. The van der Waals surface area contributed by atoms with E-state index in [9.17, 15) is 0 Å². The van der Waals surface area contributed by atoms with Crippen molar-refractivity contribution < 1.29 is 4.74 Å². The summed E-state index contributed by atoms with van der Waals surface area (Å²) in [6, 6.07) is 3.72. The van der Waals surface area contributed by atoms with Crippen LogP contribution in [0.2, 0.25) is 5.02 Å². The van der Waals surface area contributed by atoms with Gasteiger partial charge in [-0.2, -0.15) is 0 Å². The summed E-state index contributed by atoms with van der Waals surface area (Å²) >= 11 is 16.0. The molecule has 1 nitrogen and oxygen atoms in total. The van der Waals surface area contributed by atoms with Gasteiger partial charge in [0.15, 0.2) is 0 Å². The highest BCUT2D eigenvalue weighted by molar-refractivity contribution is 9.10. The van der Waals surface area contributed by atoms with Crippen molar-refractivity contribution in [2.45, 2.75) is 18.7 Å². The van der Waals surface area contributed by atoms with Gasteiger partial charge in [-0.3, -0.25) is 0 Å². The van der Waals surface area contributed by atoms with Gasteiger partial charge in [-0.15, -0.1) is 11.6 Å². The maximum Gasteiger partial charge on any atom is 0.137 e. The van der Waals surface area contributed by atoms with Gasteiger partial charge < -0.3 is 4.74 Å². The van der Waals surface area contributed by atoms with Crippen LogP contribution in [0.3, 0.4) is 0 Å². The quantitative estimate of drug-likeness (QED) is 0.707. The summed E-state index contributed by atoms with van der Waals surface area (Å²) in [6.45, 7) is 2.21. The predicted molar refractivity (Wildman–Crippen MR) is 71.6 cm³/mol. The molecule has 1 aromatic rings. The molecule has 16 heavy (non-hydrogen) atoms. The molecule has 0 heterocycles. The second-order valence-corrected chi connectivity index (χ2v) is 6.05. The van der Waals surface area contributed by atoms with Gasteiger partial charge in [0.05, 0.1) is 17.0 Å². The molecule has 3 atom stereocenters. The van der Waals surface area contributed by atoms with Crippen molar-refractivity contribution in [2.24, 2.45) is 11.8 Å². The second-order valence-electron chi connectivity index (χ2n) is 4.29. The topological polar surface area (TPSA) is 9.23 Å². The van der Waals surface area contributed by atoms with Crippen molar-refractivity contribution in [1.82, 2.24) is 0 Å². The molecule has 1 aliphatic rings. The van der Waals surface area contributed by atoms with Gasteiger partial charge in [0.25, 0.3) is 0 Å². The smallest absolute Gasteiger partial charge is 0.137 e. The Morgan fingerprint density at radius 1 is 1.50 bits per heavy atom. The Hall–Kier alpha value is 0.0800. The highest BCUT2D eigenvalue weighted by Crippen LogP contribution is 2.53. The molecule has 0 bridgehead atoms. The van der Waals surface area contributed by atoms with Crippen LogP contribution in [0.4, 0.5) is 0 Å². The van der Waals surface area contributed by atoms with E-state index in [-0.39, 0.29) is 5.38 Å². The number of methoxy groups -OCH3 is 1. The molecule has 1 aromatic carbocycles. The van der Waals surface area contributed by atoms with Gasteiger partial charge in [0, 0.05) is 10.6 Å². The Morgan fingerprint density at radius 3 is 2.62 bits per heavy atom. The van der Waals surface area contributed by atoms with E-state index in [1.807, 2.05) is 12.1 Å². The van der Waals surface area contributed by atoms with Crippen LogP contribution in [0.1, 0.15) is 24.3 Å². The Morgan fingerprint density at radius 2 is 2.12 bits per heavy atom.